The quantitative estimate of drug-likeness (QED) is 0.389. The lowest BCUT2D eigenvalue weighted by molar-refractivity contribution is 0.127. The summed E-state index contributed by atoms with van der Waals surface area (Å²) in [5.74, 6) is 0. The molecule has 0 fully saturated rings. The van der Waals surface area contributed by atoms with Crippen LogP contribution < -0.4 is 0 Å². The van der Waals surface area contributed by atoms with E-state index in [1.807, 2.05) is 20.8 Å². The first-order valence-electron chi connectivity index (χ1n) is 2.30. The van der Waals surface area contributed by atoms with Gasteiger partial charge in [0, 0.05) is 0 Å². The molecule has 0 rings (SSSR count). The van der Waals surface area contributed by atoms with Crippen molar-refractivity contribution in [1.29, 1.82) is 0 Å². The summed E-state index contributed by atoms with van der Waals surface area (Å²) in [7, 11) is 0. The molecule has 0 aliphatic heterocycles. The summed E-state index contributed by atoms with van der Waals surface area (Å²) in [5.41, 5.74) is -0.251. The Bertz CT molecular complexity index is 95.1. The Hall–Kier alpha value is 0.180. The second-order valence-electron chi connectivity index (χ2n) is 2.45. The van der Waals surface area contributed by atoms with Crippen LogP contribution in [0.25, 0.3) is 0 Å². The third-order valence-corrected chi connectivity index (χ3v) is 0.547. The maximum Gasteiger partial charge on any atom is 0.255 e. The van der Waals surface area contributed by atoms with Crippen LogP contribution in [0.4, 0.5) is 0 Å². The van der Waals surface area contributed by atoms with Crippen molar-refractivity contribution in [3.8, 4) is 0 Å². The van der Waals surface area contributed by atoms with Crippen LogP contribution in [-0.2, 0) is 4.74 Å². The monoisotopic (exact) mass is 152 g/mol. The number of halogens is 1. The standard InChI is InChI=1S/C5H9ClOS/c1-5(2,3)7-4(6)8/h1-3H3. The molecule has 0 aromatic carbocycles. The van der Waals surface area contributed by atoms with Gasteiger partial charge in [-0.05, 0) is 44.6 Å². The number of thiocarbonyl (C=S) groups is 1. The molecule has 0 spiro atoms. The Kier molecular flexibility index (Phi) is 2.71. The first kappa shape index (κ1) is 8.18. The second-order valence-corrected chi connectivity index (χ2v) is 3.39. The van der Waals surface area contributed by atoms with Crippen molar-refractivity contribution >= 4 is 28.3 Å². The zero-order valence-corrected chi connectivity index (χ0v) is 6.77. The van der Waals surface area contributed by atoms with Gasteiger partial charge in [0.1, 0.15) is 5.60 Å². The first-order valence-corrected chi connectivity index (χ1v) is 3.09. The first-order chi connectivity index (χ1) is 3.42. The Morgan fingerprint density at radius 3 is 1.88 bits per heavy atom. The van der Waals surface area contributed by atoms with E-state index in [1.165, 1.54) is 0 Å². The Morgan fingerprint density at radius 2 is 1.88 bits per heavy atom. The highest BCUT2D eigenvalue weighted by molar-refractivity contribution is 7.82. The Balaban J connectivity index is 3.55. The maximum atomic E-state index is 5.27. The van der Waals surface area contributed by atoms with E-state index in [9.17, 15) is 0 Å². The molecule has 0 saturated carbocycles. The summed E-state index contributed by atoms with van der Waals surface area (Å²) < 4.78 is 5.02. The Morgan fingerprint density at radius 1 is 1.50 bits per heavy atom. The zero-order chi connectivity index (χ0) is 6.78. The van der Waals surface area contributed by atoms with Crippen LogP contribution in [0.2, 0.25) is 0 Å². The summed E-state index contributed by atoms with van der Waals surface area (Å²) >= 11 is 9.76. The van der Waals surface area contributed by atoms with Crippen LogP contribution in [-0.4, -0.2) is 10.1 Å². The molecule has 3 heteroatoms. The van der Waals surface area contributed by atoms with Gasteiger partial charge in [0.05, 0.1) is 0 Å². The minimum Gasteiger partial charge on any atom is -0.469 e. The number of rotatable bonds is 0. The molecule has 0 bridgehead atoms. The average molecular weight is 153 g/mol. The Labute approximate surface area is 60.0 Å². The minimum atomic E-state index is -0.251. The van der Waals surface area contributed by atoms with E-state index in [0.717, 1.165) is 0 Å². The lowest BCUT2D eigenvalue weighted by Crippen LogP contribution is -2.19. The van der Waals surface area contributed by atoms with Crippen molar-refractivity contribution in [1.82, 2.24) is 0 Å². The van der Waals surface area contributed by atoms with Gasteiger partial charge < -0.3 is 4.74 Å². The SMILES string of the molecule is CC(C)(C)OC(=S)Cl. The normalized spacial score (nSPS) is 11.0. The molecular weight excluding hydrogens is 144 g/mol. The molecule has 0 aliphatic rings. The lowest BCUT2D eigenvalue weighted by Gasteiger charge is -2.17. The van der Waals surface area contributed by atoms with Crippen LogP contribution in [0.15, 0.2) is 0 Å². The van der Waals surface area contributed by atoms with Crippen LogP contribution in [0.5, 0.6) is 0 Å². The van der Waals surface area contributed by atoms with Crippen molar-refractivity contribution in [3.05, 3.63) is 0 Å². The highest BCUT2D eigenvalue weighted by Crippen LogP contribution is 2.08. The van der Waals surface area contributed by atoms with E-state index in [4.69, 9.17) is 16.3 Å². The summed E-state index contributed by atoms with van der Waals surface area (Å²) in [6.45, 7) is 5.67. The summed E-state index contributed by atoms with van der Waals surface area (Å²) in [5, 5.41) is 0. The molecule has 0 amide bonds. The van der Waals surface area contributed by atoms with Gasteiger partial charge in [0.25, 0.3) is 4.51 Å². The predicted molar refractivity (Wildman–Crippen MR) is 39.3 cm³/mol. The topological polar surface area (TPSA) is 9.23 Å². The molecule has 48 valence electrons. The highest BCUT2D eigenvalue weighted by Gasteiger charge is 2.11. The van der Waals surface area contributed by atoms with Crippen LogP contribution in [0, 0.1) is 0 Å². The number of hydrogen-bond acceptors (Lipinski definition) is 2. The van der Waals surface area contributed by atoms with E-state index in [-0.39, 0.29) is 10.1 Å². The minimum absolute atomic E-state index is 0.0810. The highest BCUT2D eigenvalue weighted by atomic mass is 35.5. The molecule has 0 radical (unpaired) electrons. The van der Waals surface area contributed by atoms with Crippen molar-refractivity contribution in [2.45, 2.75) is 26.4 Å². The van der Waals surface area contributed by atoms with Gasteiger partial charge in [-0.3, -0.25) is 0 Å². The molecule has 0 atom stereocenters. The smallest absolute Gasteiger partial charge is 0.255 e. The largest absolute Gasteiger partial charge is 0.469 e. The second kappa shape index (κ2) is 2.65. The van der Waals surface area contributed by atoms with E-state index < -0.39 is 0 Å². The molecule has 0 saturated heterocycles. The van der Waals surface area contributed by atoms with E-state index in [0.29, 0.717) is 0 Å². The van der Waals surface area contributed by atoms with Gasteiger partial charge in [-0.2, -0.15) is 0 Å². The fourth-order valence-electron chi connectivity index (χ4n) is 0.241. The van der Waals surface area contributed by atoms with Gasteiger partial charge >= 0.3 is 0 Å². The van der Waals surface area contributed by atoms with Gasteiger partial charge in [-0.1, -0.05) is 0 Å². The number of hydrogen-bond donors (Lipinski definition) is 0. The number of ether oxygens (including phenoxy) is 1. The van der Waals surface area contributed by atoms with Gasteiger partial charge in [-0.15, -0.1) is 0 Å². The summed E-state index contributed by atoms with van der Waals surface area (Å²) in [6.07, 6.45) is 0. The zero-order valence-electron chi connectivity index (χ0n) is 5.19. The van der Waals surface area contributed by atoms with Crippen molar-refractivity contribution in [2.75, 3.05) is 0 Å². The molecule has 0 aromatic heterocycles. The predicted octanol–water partition coefficient (Wildman–Crippen LogP) is 2.33. The van der Waals surface area contributed by atoms with E-state index in [2.05, 4.69) is 12.2 Å². The molecule has 1 nitrogen and oxygen atoms in total. The fraction of sp³-hybridized carbons (Fsp3) is 0.800. The van der Waals surface area contributed by atoms with Crippen molar-refractivity contribution < 1.29 is 4.74 Å². The maximum absolute atomic E-state index is 5.27. The lowest BCUT2D eigenvalue weighted by atomic mass is 10.2. The molecule has 0 aliphatic carbocycles. The van der Waals surface area contributed by atoms with Gasteiger partial charge in [0.15, 0.2) is 0 Å². The van der Waals surface area contributed by atoms with Crippen LogP contribution >= 0.6 is 23.8 Å². The summed E-state index contributed by atoms with van der Waals surface area (Å²) in [6, 6.07) is 0. The third kappa shape index (κ3) is 6.18. The fourth-order valence-corrected chi connectivity index (χ4v) is 0.722. The molecular formula is C5H9ClOS. The molecule has 0 heterocycles. The van der Waals surface area contributed by atoms with Gasteiger partial charge in [0.2, 0.25) is 0 Å². The van der Waals surface area contributed by atoms with Crippen molar-refractivity contribution in [3.63, 3.8) is 0 Å². The van der Waals surface area contributed by atoms with Crippen LogP contribution in [0.1, 0.15) is 20.8 Å². The molecule has 8 heavy (non-hydrogen) atoms. The van der Waals surface area contributed by atoms with Gasteiger partial charge in [-0.25, -0.2) is 0 Å². The molecule has 0 unspecified atom stereocenters. The third-order valence-electron chi connectivity index (χ3n) is 0.386. The molecule has 0 N–H and O–H groups in total. The van der Waals surface area contributed by atoms with Crippen LogP contribution in [0.3, 0.4) is 0 Å². The average Bonchev–Trinajstić information content (AvgIpc) is 1.21. The van der Waals surface area contributed by atoms with E-state index in [1.54, 1.807) is 0 Å². The molecule has 0 aromatic rings. The van der Waals surface area contributed by atoms with Crippen molar-refractivity contribution in [2.24, 2.45) is 0 Å². The summed E-state index contributed by atoms with van der Waals surface area (Å²) in [4.78, 5) is 0. The van der Waals surface area contributed by atoms with E-state index >= 15 is 0 Å².